The normalized spacial score (nSPS) is 12.9. The standard InChI is InChI=1S/C18H26BrN5O5S/c1-11(2)16(10-27)22-17-15(19)7-20-18(23-17)21-12-4-3-5-14(6-12)30(28,29)24-13(8-25)9-26/h3-7,11,13,16,24-27H,8-10H2,1-2H3,(H2,20,21,22,23)/t16-/m0/s1. The number of benzene rings is 1. The van der Waals surface area contributed by atoms with Gasteiger partial charge in [-0.05, 0) is 40.0 Å². The largest absolute Gasteiger partial charge is 0.395 e. The van der Waals surface area contributed by atoms with Crippen molar-refractivity contribution >= 4 is 43.4 Å². The van der Waals surface area contributed by atoms with E-state index < -0.39 is 29.3 Å². The summed E-state index contributed by atoms with van der Waals surface area (Å²) in [6, 6.07) is 4.78. The molecule has 0 spiro atoms. The van der Waals surface area contributed by atoms with Crippen LogP contribution in [0.2, 0.25) is 0 Å². The van der Waals surface area contributed by atoms with Crippen LogP contribution in [-0.2, 0) is 10.0 Å². The molecule has 0 fully saturated rings. The Kier molecular flexibility index (Phi) is 8.94. The highest BCUT2D eigenvalue weighted by Crippen LogP contribution is 2.24. The average Bonchev–Trinajstić information content (AvgIpc) is 2.72. The van der Waals surface area contributed by atoms with Gasteiger partial charge < -0.3 is 26.0 Å². The molecule has 1 heterocycles. The van der Waals surface area contributed by atoms with E-state index in [1.807, 2.05) is 13.8 Å². The first-order valence-electron chi connectivity index (χ1n) is 9.21. The molecular formula is C18H26BrN5O5S. The van der Waals surface area contributed by atoms with Crippen LogP contribution in [0.3, 0.4) is 0 Å². The molecule has 1 aromatic carbocycles. The molecule has 0 radical (unpaired) electrons. The van der Waals surface area contributed by atoms with Gasteiger partial charge in [0.15, 0.2) is 0 Å². The number of aliphatic hydroxyl groups excluding tert-OH is 3. The minimum Gasteiger partial charge on any atom is -0.395 e. The van der Waals surface area contributed by atoms with Gasteiger partial charge in [-0.15, -0.1) is 0 Å². The maximum Gasteiger partial charge on any atom is 0.241 e. The zero-order valence-corrected chi connectivity index (χ0v) is 19.0. The summed E-state index contributed by atoms with van der Waals surface area (Å²) in [4.78, 5) is 8.51. The van der Waals surface area contributed by atoms with Crippen LogP contribution in [0.1, 0.15) is 13.8 Å². The minimum atomic E-state index is -3.94. The van der Waals surface area contributed by atoms with Crippen LogP contribution in [0.15, 0.2) is 39.8 Å². The van der Waals surface area contributed by atoms with Crippen molar-refractivity contribution in [3.8, 4) is 0 Å². The van der Waals surface area contributed by atoms with Crippen LogP contribution in [0.5, 0.6) is 0 Å². The van der Waals surface area contributed by atoms with Crippen molar-refractivity contribution in [3.05, 3.63) is 34.9 Å². The van der Waals surface area contributed by atoms with Gasteiger partial charge in [0.1, 0.15) is 5.82 Å². The van der Waals surface area contributed by atoms with Gasteiger partial charge in [-0.2, -0.15) is 4.98 Å². The summed E-state index contributed by atoms with van der Waals surface area (Å²) < 4.78 is 27.7. The van der Waals surface area contributed by atoms with Gasteiger partial charge >= 0.3 is 0 Å². The summed E-state index contributed by atoms with van der Waals surface area (Å²) in [5.41, 5.74) is 0.429. The summed E-state index contributed by atoms with van der Waals surface area (Å²) in [6.45, 7) is 2.83. The fourth-order valence-electron chi connectivity index (χ4n) is 2.42. The Bertz CT molecular complexity index is 940. The van der Waals surface area contributed by atoms with Gasteiger partial charge in [0.2, 0.25) is 16.0 Å². The van der Waals surface area contributed by atoms with E-state index in [9.17, 15) is 13.5 Å². The molecule has 6 N–H and O–H groups in total. The predicted molar refractivity (Wildman–Crippen MR) is 117 cm³/mol. The van der Waals surface area contributed by atoms with E-state index >= 15 is 0 Å². The van der Waals surface area contributed by atoms with Crippen molar-refractivity contribution in [1.82, 2.24) is 14.7 Å². The fourth-order valence-corrected chi connectivity index (χ4v) is 3.99. The van der Waals surface area contributed by atoms with Gasteiger partial charge in [-0.3, -0.25) is 0 Å². The number of anilines is 3. The number of halogens is 1. The monoisotopic (exact) mass is 503 g/mol. The molecule has 12 heteroatoms. The second kappa shape index (κ2) is 11.0. The molecular weight excluding hydrogens is 478 g/mol. The SMILES string of the molecule is CC(C)[C@H](CO)Nc1nc(Nc2cccc(S(=O)(=O)NC(CO)CO)c2)ncc1Br. The highest BCUT2D eigenvalue weighted by atomic mass is 79.9. The third-order valence-corrected chi connectivity index (χ3v) is 6.33. The molecule has 0 aliphatic heterocycles. The number of hydrogen-bond donors (Lipinski definition) is 6. The molecule has 1 aromatic heterocycles. The van der Waals surface area contributed by atoms with Gasteiger partial charge in [0, 0.05) is 11.9 Å². The molecule has 0 aliphatic carbocycles. The molecule has 2 aromatic rings. The first kappa shape index (κ1) is 24.4. The van der Waals surface area contributed by atoms with E-state index in [4.69, 9.17) is 10.2 Å². The maximum atomic E-state index is 12.4. The van der Waals surface area contributed by atoms with Crippen molar-refractivity contribution < 1.29 is 23.7 Å². The second-order valence-electron chi connectivity index (χ2n) is 6.90. The molecule has 0 bridgehead atoms. The van der Waals surface area contributed by atoms with Crippen molar-refractivity contribution in [1.29, 1.82) is 0 Å². The Labute approximate surface area is 184 Å². The predicted octanol–water partition coefficient (Wildman–Crippen LogP) is 1.04. The fraction of sp³-hybridized carbons (Fsp3) is 0.444. The smallest absolute Gasteiger partial charge is 0.241 e. The first-order chi connectivity index (χ1) is 14.2. The van der Waals surface area contributed by atoms with Gasteiger partial charge in [-0.1, -0.05) is 19.9 Å². The summed E-state index contributed by atoms with van der Waals surface area (Å²) >= 11 is 3.37. The molecule has 0 saturated heterocycles. The molecule has 0 amide bonds. The minimum absolute atomic E-state index is 0.0463. The number of nitrogens with one attached hydrogen (secondary N) is 3. The zero-order valence-electron chi connectivity index (χ0n) is 16.6. The summed E-state index contributed by atoms with van der Waals surface area (Å²) in [5.74, 6) is 0.885. The van der Waals surface area contributed by atoms with Crippen LogP contribution in [0.4, 0.5) is 17.5 Å². The van der Waals surface area contributed by atoms with Crippen LogP contribution in [0.25, 0.3) is 0 Å². The first-order valence-corrected chi connectivity index (χ1v) is 11.5. The third kappa shape index (κ3) is 6.59. The van der Waals surface area contributed by atoms with Crippen LogP contribution >= 0.6 is 15.9 Å². The highest BCUT2D eigenvalue weighted by Gasteiger charge is 2.20. The average molecular weight is 504 g/mol. The molecule has 0 saturated carbocycles. The summed E-state index contributed by atoms with van der Waals surface area (Å²) in [5, 5.41) is 33.8. The Morgan fingerprint density at radius 1 is 1.13 bits per heavy atom. The lowest BCUT2D eigenvalue weighted by Gasteiger charge is -2.21. The topological polar surface area (TPSA) is 157 Å². The van der Waals surface area contributed by atoms with Crippen LogP contribution in [0, 0.1) is 5.92 Å². The van der Waals surface area contributed by atoms with Gasteiger partial charge in [0.25, 0.3) is 0 Å². The van der Waals surface area contributed by atoms with Gasteiger partial charge in [-0.25, -0.2) is 18.1 Å². The lowest BCUT2D eigenvalue weighted by atomic mass is 10.1. The Balaban J connectivity index is 2.23. The number of rotatable bonds is 11. The zero-order chi connectivity index (χ0) is 22.3. The van der Waals surface area contributed by atoms with E-state index in [0.29, 0.717) is 16.0 Å². The highest BCUT2D eigenvalue weighted by molar-refractivity contribution is 9.10. The summed E-state index contributed by atoms with van der Waals surface area (Å²) in [7, 11) is -3.94. The number of aliphatic hydroxyl groups is 3. The van der Waals surface area contributed by atoms with E-state index in [0.717, 1.165) is 0 Å². The van der Waals surface area contributed by atoms with Crippen molar-refractivity contribution in [2.75, 3.05) is 30.5 Å². The quantitative estimate of drug-likeness (QED) is 0.263. The van der Waals surface area contributed by atoms with E-state index in [-0.39, 0.29) is 29.4 Å². The van der Waals surface area contributed by atoms with Crippen LogP contribution < -0.4 is 15.4 Å². The molecule has 30 heavy (non-hydrogen) atoms. The molecule has 2 rings (SSSR count). The summed E-state index contributed by atoms with van der Waals surface area (Å²) in [6.07, 6.45) is 1.54. The number of nitrogens with zero attached hydrogens (tertiary/aromatic N) is 2. The van der Waals surface area contributed by atoms with Crippen LogP contribution in [-0.4, -0.2) is 65.6 Å². The van der Waals surface area contributed by atoms with Crippen molar-refractivity contribution in [3.63, 3.8) is 0 Å². The van der Waals surface area contributed by atoms with Gasteiger partial charge in [0.05, 0.1) is 41.3 Å². The molecule has 0 unspecified atom stereocenters. The third-order valence-electron chi connectivity index (χ3n) is 4.23. The number of aromatic nitrogens is 2. The maximum absolute atomic E-state index is 12.4. The van der Waals surface area contributed by atoms with E-state index in [2.05, 4.69) is 41.3 Å². The number of hydrogen-bond acceptors (Lipinski definition) is 9. The van der Waals surface area contributed by atoms with E-state index in [1.54, 1.807) is 18.3 Å². The molecule has 0 aliphatic rings. The lowest BCUT2D eigenvalue weighted by molar-refractivity contribution is 0.185. The second-order valence-corrected chi connectivity index (χ2v) is 9.47. The lowest BCUT2D eigenvalue weighted by Crippen LogP contribution is -2.39. The Morgan fingerprint density at radius 2 is 1.83 bits per heavy atom. The molecule has 166 valence electrons. The van der Waals surface area contributed by atoms with E-state index in [1.165, 1.54) is 12.1 Å². The van der Waals surface area contributed by atoms with Crippen molar-refractivity contribution in [2.45, 2.75) is 30.8 Å². The Hall–Kier alpha value is -1.83. The molecule has 1 atom stereocenters. The number of sulfonamides is 1. The van der Waals surface area contributed by atoms with Crippen molar-refractivity contribution in [2.24, 2.45) is 5.92 Å². The Morgan fingerprint density at radius 3 is 2.43 bits per heavy atom. The molecule has 10 nitrogen and oxygen atoms in total.